The lowest BCUT2D eigenvalue weighted by atomic mass is 10.1. The van der Waals surface area contributed by atoms with Crippen molar-refractivity contribution in [2.24, 2.45) is 5.92 Å². The van der Waals surface area contributed by atoms with Crippen LogP contribution >= 0.6 is 0 Å². The van der Waals surface area contributed by atoms with Gasteiger partial charge >= 0.3 is 6.03 Å². The molecule has 0 aromatic carbocycles. The molecule has 6 heteroatoms. The fourth-order valence-electron chi connectivity index (χ4n) is 1.62. The van der Waals surface area contributed by atoms with Gasteiger partial charge in [-0.1, -0.05) is 6.92 Å². The number of hydrogen-bond donors (Lipinski definition) is 3. The molecular weight excluding hydrogens is 208 g/mol. The van der Waals surface area contributed by atoms with E-state index in [2.05, 4.69) is 16.0 Å². The van der Waals surface area contributed by atoms with Crippen LogP contribution in [-0.2, 0) is 4.79 Å². The van der Waals surface area contributed by atoms with E-state index in [1.54, 1.807) is 7.05 Å². The van der Waals surface area contributed by atoms with Gasteiger partial charge in [-0.25, -0.2) is 4.79 Å². The average Bonchev–Trinajstić information content (AvgIpc) is 2.35. The normalized spacial score (nSPS) is 17.8. The summed E-state index contributed by atoms with van der Waals surface area (Å²) in [5.41, 5.74) is 0. The second-order valence-corrected chi connectivity index (χ2v) is 3.94. The van der Waals surface area contributed by atoms with Crippen molar-refractivity contribution in [2.45, 2.75) is 6.92 Å². The molecule has 0 aliphatic carbocycles. The first kappa shape index (κ1) is 12.8. The lowest BCUT2D eigenvalue weighted by molar-refractivity contribution is -0.135. The van der Waals surface area contributed by atoms with Crippen molar-refractivity contribution in [2.75, 3.05) is 39.8 Å². The van der Waals surface area contributed by atoms with Crippen LogP contribution < -0.4 is 16.0 Å². The molecule has 0 aromatic heterocycles. The number of rotatable bonds is 3. The van der Waals surface area contributed by atoms with Gasteiger partial charge in [-0.15, -0.1) is 0 Å². The van der Waals surface area contributed by atoms with Crippen molar-refractivity contribution in [1.29, 1.82) is 0 Å². The third-order valence-corrected chi connectivity index (χ3v) is 2.65. The highest BCUT2D eigenvalue weighted by molar-refractivity contribution is 5.80. The fourth-order valence-corrected chi connectivity index (χ4v) is 1.62. The van der Waals surface area contributed by atoms with Crippen LogP contribution in [-0.4, -0.2) is 56.6 Å². The lowest BCUT2D eigenvalue weighted by Crippen LogP contribution is -2.49. The maximum atomic E-state index is 11.9. The molecule has 3 amide bonds. The number of hydrogen-bond acceptors (Lipinski definition) is 3. The monoisotopic (exact) mass is 228 g/mol. The zero-order chi connectivity index (χ0) is 12.0. The van der Waals surface area contributed by atoms with E-state index in [1.165, 1.54) is 0 Å². The van der Waals surface area contributed by atoms with Crippen LogP contribution in [0.25, 0.3) is 0 Å². The Bertz CT molecular complexity index is 251. The Morgan fingerprint density at radius 1 is 1.38 bits per heavy atom. The first-order chi connectivity index (χ1) is 7.65. The first-order valence-corrected chi connectivity index (χ1v) is 5.60. The van der Waals surface area contributed by atoms with Crippen molar-refractivity contribution < 1.29 is 9.59 Å². The molecule has 1 aliphatic rings. The zero-order valence-electron chi connectivity index (χ0n) is 9.88. The maximum absolute atomic E-state index is 11.9. The summed E-state index contributed by atoms with van der Waals surface area (Å²) in [6.07, 6.45) is 0. The number of nitrogens with zero attached hydrogens (tertiary/aromatic N) is 1. The van der Waals surface area contributed by atoms with Crippen LogP contribution in [0.15, 0.2) is 0 Å². The van der Waals surface area contributed by atoms with Crippen LogP contribution in [0.3, 0.4) is 0 Å². The SMILES string of the molecule is CNC(=O)NCC(C)C(=O)N1CCNCC1. The average molecular weight is 228 g/mol. The molecule has 1 atom stereocenters. The second kappa shape index (κ2) is 6.32. The Kier molecular flexibility index (Phi) is 5.04. The quantitative estimate of drug-likeness (QED) is 0.579. The van der Waals surface area contributed by atoms with Crippen LogP contribution in [0.1, 0.15) is 6.92 Å². The highest BCUT2D eigenvalue weighted by atomic mass is 16.2. The lowest BCUT2D eigenvalue weighted by Gasteiger charge is -2.29. The van der Waals surface area contributed by atoms with Gasteiger partial charge < -0.3 is 20.9 Å². The van der Waals surface area contributed by atoms with Crippen molar-refractivity contribution >= 4 is 11.9 Å². The summed E-state index contributed by atoms with van der Waals surface area (Å²) in [6, 6.07) is -0.250. The van der Waals surface area contributed by atoms with Crippen LogP contribution in [0, 0.1) is 5.92 Å². The topological polar surface area (TPSA) is 73.5 Å². The van der Waals surface area contributed by atoms with Crippen molar-refractivity contribution in [3.05, 3.63) is 0 Å². The Morgan fingerprint density at radius 3 is 2.56 bits per heavy atom. The molecule has 16 heavy (non-hydrogen) atoms. The molecule has 3 N–H and O–H groups in total. The molecule has 1 fully saturated rings. The molecule has 0 saturated carbocycles. The van der Waals surface area contributed by atoms with Gasteiger partial charge in [0.1, 0.15) is 0 Å². The van der Waals surface area contributed by atoms with E-state index in [4.69, 9.17) is 0 Å². The molecule has 0 bridgehead atoms. The maximum Gasteiger partial charge on any atom is 0.314 e. The van der Waals surface area contributed by atoms with Gasteiger partial charge in [-0.3, -0.25) is 4.79 Å². The van der Waals surface area contributed by atoms with Crippen LogP contribution in [0.5, 0.6) is 0 Å². The van der Waals surface area contributed by atoms with Gasteiger partial charge in [0.15, 0.2) is 0 Å². The molecule has 6 nitrogen and oxygen atoms in total. The van der Waals surface area contributed by atoms with Gasteiger partial charge in [0, 0.05) is 39.8 Å². The Hall–Kier alpha value is -1.30. The van der Waals surface area contributed by atoms with Gasteiger partial charge in [0.2, 0.25) is 5.91 Å². The number of piperazine rings is 1. The Morgan fingerprint density at radius 2 is 2.00 bits per heavy atom. The number of carbonyl (C=O) groups is 2. The Labute approximate surface area is 95.8 Å². The van der Waals surface area contributed by atoms with E-state index in [0.29, 0.717) is 6.54 Å². The molecule has 1 aliphatic heterocycles. The summed E-state index contributed by atoms with van der Waals surface area (Å²) in [6.45, 7) is 5.41. The molecule has 0 aromatic rings. The van der Waals surface area contributed by atoms with E-state index >= 15 is 0 Å². The molecule has 92 valence electrons. The molecule has 1 heterocycles. The third kappa shape index (κ3) is 3.69. The highest BCUT2D eigenvalue weighted by Gasteiger charge is 2.21. The van der Waals surface area contributed by atoms with Gasteiger partial charge in [0.25, 0.3) is 0 Å². The number of carbonyl (C=O) groups excluding carboxylic acids is 2. The van der Waals surface area contributed by atoms with Crippen LogP contribution in [0.4, 0.5) is 4.79 Å². The molecule has 0 spiro atoms. The van der Waals surface area contributed by atoms with Crippen molar-refractivity contribution in [3.8, 4) is 0 Å². The van der Waals surface area contributed by atoms with Crippen LogP contribution in [0.2, 0.25) is 0 Å². The Balaban J connectivity index is 2.31. The number of urea groups is 1. The van der Waals surface area contributed by atoms with Gasteiger partial charge in [-0.05, 0) is 0 Å². The summed E-state index contributed by atoms with van der Waals surface area (Å²) >= 11 is 0. The zero-order valence-corrected chi connectivity index (χ0v) is 9.88. The summed E-state index contributed by atoms with van der Waals surface area (Å²) in [7, 11) is 1.55. The molecule has 1 saturated heterocycles. The minimum Gasteiger partial charge on any atom is -0.341 e. The molecule has 1 unspecified atom stereocenters. The minimum absolute atomic E-state index is 0.109. The number of nitrogens with one attached hydrogen (secondary N) is 3. The minimum atomic E-state index is -0.250. The molecule has 0 radical (unpaired) electrons. The first-order valence-electron chi connectivity index (χ1n) is 5.60. The largest absolute Gasteiger partial charge is 0.341 e. The van der Waals surface area contributed by atoms with E-state index in [9.17, 15) is 9.59 Å². The van der Waals surface area contributed by atoms with Crippen molar-refractivity contribution in [1.82, 2.24) is 20.9 Å². The van der Waals surface area contributed by atoms with E-state index in [0.717, 1.165) is 26.2 Å². The smallest absolute Gasteiger partial charge is 0.314 e. The van der Waals surface area contributed by atoms with E-state index < -0.39 is 0 Å². The van der Waals surface area contributed by atoms with Gasteiger partial charge in [0.05, 0.1) is 5.92 Å². The van der Waals surface area contributed by atoms with Crippen molar-refractivity contribution in [3.63, 3.8) is 0 Å². The third-order valence-electron chi connectivity index (χ3n) is 2.65. The summed E-state index contributed by atoms with van der Waals surface area (Å²) in [5.74, 6) is -0.0618. The summed E-state index contributed by atoms with van der Waals surface area (Å²) in [5, 5.41) is 8.29. The fraction of sp³-hybridized carbons (Fsp3) is 0.800. The highest BCUT2D eigenvalue weighted by Crippen LogP contribution is 2.02. The predicted octanol–water partition coefficient (Wildman–Crippen LogP) is -1.02. The van der Waals surface area contributed by atoms with E-state index in [-0.39, 0.29) is 17.9 Å². The van der Waals surface area contributed by atoms with Gasteiger partial charge in [-0.2, -0.15) is 0 Å². The number of amides is 3. The summed E-state index contributed by atoms with van der Waals surface area (Å²) in [4.78, 5) is 24.7. The predicted molar refractivity (Wildman–Crippen MR) is 61.1 cm³/mol. The molecule has 1 rings (SSSR count). The summed E-state index contributed by atoms with van der Waals surface area (Å²) < 4.78 is 0. The van der Waals surface area contributed by atoms with E-state index in [1.807, 2.05) is 11.8 Å². The molecular formula is C10H20N4O2. The standard InChI is InChI=1S/C10H20N4O2/c1-8(7-13-10(16)11-2)9(15)14-5-3-12-4-6-14/h8,12H,3-7H2,1-2H3,(H2,11,13,16). The second-order valence-electron chi connectivity index (χ2n) is 3.94.